The highest BCUT2D eigenvalue weighted by molar-refractivity contribution is 7.89. The summed E-state index contributed by atoms with van der Waals surface area (Å²) >= 11 is 0. The number of unbranched alkanes of at least 4 members (excludes halogenated alkanes) is 3. The molecule has 0 aliphatic heterocycles. The normalized spacial score (nSPS) is 11.9. The van der Waals surface area contributed by atoms with Crippen LogP contribution in [0.1, 0.15) is 25.7 Å². The van der Waals surface area contributed by atoms with Crippen molar-refractivity contribution in [2.24, 2.45) is 0 Å². The second-order valence-electron chi connectivity index (χ2n) is 5.01. The molecule has 114 valence electrons. The highest BCUT2D eigenvalue weighted by Crippen LogP contribution is 2.22. The van der Waals surface area contributed by atoms with E-state index < -0.39 is 10.0 Å². The van der Waals surface area contributed by atoms with Crippen molar-refractivity contribution < 1.29 is 13.5 Å². The van der Waals surface area contributed by atoms with Gasteiger partial charge in [0, 0.05) is 18.5 Å². The van der Waals surface area contributed by atoms with E-state index in [1.54, 1.807) is 12.1 Å². The van der Waals surface area contributed by atoms with E-state index in [4.69, 9.17) is 5.11 Å². The predicted octanol–water partition coefficient (Wildman–Crippen LogP) is 2.67. The zero-order chi connectivity index (χ0) is 15.1. The number of benzene rings is 2. The van der Waals surface area contributed by atoms with Gasteiger partial charge in [-0.05, 0) is 24.3 Å². The lowest BCUT2D eigenvalue weighted by molar-refractivity contribution is 0.282. The Kier molecular flexibility index (Phi) is 5.73. The molecule has 0 atom stereocenters. The molecule has 0 radical (unpaired) electrons. The van der Waals surface area contributed by atoms with Crippen molar-refractivity contribution >= 4 is 20.8 Å². The number of aliphatic hydroxyl groups excluding tert-OH is 1. The summed E-state index contributed by atoms with van der Waals surface area (Å²) in [6.07, 6.45) is 3.39. The van der Waals surface area contributed by atoms with Gasteiger partial charge in [0.05, 0.1) is 4.90 Å². The number of rotatable bonds is 8. The van der Waals surface area contributed by atoms with Crippen molar-refractivity contribution in [3.05, 3.63) is 42.5 Å². The molecule has 0 aromatic heterocycles. The highest BCUT2D eigenvalue weighted by atomic mass is 32.2. The summed E-state index contributed by atoms with van der Waals surface area (Å²) in [5.74, 6) is 0. The molecule has 0 aliphatic rings. The van der Waals surface area contributed by atoms with Gasteiger partial charge in [0.15, 0.2) is 0 Å². The monoisotopic (exact) mass is 307 g/mol. The van der Waals surface area contributed by atoms with Gasteiger partial charge in [0.1, 0.15) is 0 Å². The molecule has 2 rings (SSSR count). The van der Waals surface area contributed by atoms with Crippen molar-refractivity contribution in [2.45, 2.75) is 30.6 Å². The molecule has 5 heteroatoms. The largest absolute Gasteiger partial charge is 0.396 e. The standard InChI is InChI=1S/C16H21NO3S/c18-13-6-2-1-5-12-17-21(19,20)16-11-7-9-14-8-3-4-10-15(14)16/h3-4,7-11,17-18H,1-2,5-6,12-13H2. The first-order valence-electron chi connectivity index (χ1n) is 7.23. The molecule has 0 amide bonds. The van der Waals surface area contributed by atoms with Crippen LogP contribution >= 0.6 is 0 Å². The summed E-state index contributed by atoms with van der Waals surface area (Å²) in [5.41, 5.74) is 0. The lowest BCUT2D eigenvalue weighted by atomic mass is 10.1. The molecule has 0 saturated carbocycles. The zero-order valence-electron chi connectivity index (χ0n) is 12.0. The van der Waals surface area contributed by atoms with Crippen LogP contribution in [0.5, 0.6) is 0 Å². The molecule has 2 N–H and O–H groups in total. The van der Waals surface area contributed by atoms with Crippen molar-refractivity contribution in [1.29, 1.82) is 0 Å². The van der Waals surface area contributed by atoms with Crippen molar-refractivity contribution in [2.75, 3.05) is 13.2 Å². The molecule has 21 heavy (non-hydrogen) atoms. The van der Waals surface area contributed by atoms with Crippen molar-refractivity contribution in [3.8, 4) is 0 Å². The van der Waals surface area contributed by atoms with E-state index in [1.807, 2.05) is 30.3 Å². The second-order valence-corrected chi connectivity index (χ2v) is 6.75. The Balaban J connectivity index is 2.05. The number of sulfonamides is 1. The van der Waals surface area contributed by atoms with Crippen LogP contribution in [0.2, 0.25) is 0 Å². The zero-order valence-corrected chi connectivity index (χ0v) is 12.8. The highest BCUT2D eigenvalue weighted by Gasteiger charge is 2.15. The fourth-order valence-corrected chi connectivity index (χ4v) is 3.61. The number of hydrogen-bond acceptors (Lipinski definition) is 3. The van der Waals surface area contributed by atoms with Gasteiger partial charge in [0.2, 0.25) is 10.0 Å². The molecule has 0 saturated heterocycles. The van der Waals surface area contributed by atoms with E-state index in [2.05, 4.69) is 4.72 Å². The summed E-state index contributed by atoms with van der Waals surface area (Å²) in [5, 5.41) is 10.4. The van der Waals surface area contributed by atoms with Gasteiger partial charge >= 0.3 is 0 Å². The lowest BCUT2D eigenvalue weighted by Crippen LogP contribution is -2.25. The molecule has 0 bridgehead atoms. The van der Waals surface area contributed by atoms with Crippen LogP contribution < -0.4 is 4.72 Å². The lowest BCUT2D eigenvalue weighted by Gasteiger charge is -2.09. The van der Waals surface area contributed by atoms with Gasteiger partial charge in [-0.1, -0.05) is 49.2 Å². The maximum Gasteiger partial charge on any atom is 0.241 e. The Bertz CT molecular complexity index is 677. The van der Waals surface area contributed by atoms with Crippen LogP contribution in [0.25, 0.3) is 10.8 Å². The first kappa shape index (κ1) is 15.9. The smallest absolute Gasteiger partial charge is 0.241 e. The Hall–Kier alpha value is -1.43. The Morgan fingerprint density at radius 2 is 1.62 bits per heavy atom. The van der Waals surface area contributed by atoms with Crippen LogP contribution in [0.4, 0.5) is 0 Å². The third-order valence-corrected chi connectivity index (χ3v) is 4.94. The van der Waals surface area contributed by atoms with E-state index >= 15 is 0 Å². The number of nitrogens with one attached hydrogen (secondary N) is 1. The van der Waals surface area contributed by atoms with Crippen molar-refractivity contribution in [1.82, 2.24) is 4.72 Å². The summed E-state index contributed by atoms with van der Waals surface area (Å²) in [6, 6.07) is 12.8. The topological polar surface area (TPSA) is 66.4 Å². The molecule has 2 aromatic rings. The molecule has 0 fully saturated rings. The summed E-state index contributed by atoms with van der Waals surface area (Å²) in [6.45, 7) is 0.624. The van der Waals surface area contributed by atoms with Crippen molar-refractivity contribution in [3.63, 3.8) is 0 Å². The molecular weight excluding hydrogens is 286 g/mol. The molecule has 0 unspecified atom stereocenters. The third-order valence-electron chi connectivity index (χ3n) is 3.42. The maximum absolute atomic E-state index is 12.4. The minimum Gasteiger partial charge on any atom is -0.396 e. The number of aliphatic hydroxyl groups is 1. The van der Waals surface area contributed by atoms with E-state index in [9.17, 15) is 8.42 Å². The average molecular weight is 307 g/mol. The van der Waals surface area contributed by atoms with Crippen LogP contribution in [0.15, 0.2) is 47.4 Å². The molecule has 0 heterocycles. The SMILES string of the molecule is O=S(=O)(NCCCCCCO)c1cccc2ccccc12. The number of hydrogen-bond donors (Lipinski definition) is 2. The summed E-state index contributed by atoms with van der Waals surface area (Å²) in [4.78, 5) is 0.330. The number of fused-ring (bicyclic) bond motifs is 1. The van der Waals surface area contributed by atoms with Crippen LogP contribution in [0, 0.1) is 0 Å². The Labute approximate surface area is 125 Å². The first-order chi connectivity index (χ1) is 10.1. The van der Waals surface area contributed by atoms with Crippen LogP contribution in [0.3, 0.4) is 0 Å². The molecule has 4 nitrogen and oxygen atoms in total. The minimum absolute atomic E-state index is 0.196. The third kappa shape index (κ3) is 4.27. The van der Waals surface area contributed by atoms with Gasteiger partial charge in [0.25, 0.3) is 0 Å². The van der Waals surface area contributed by atoms with Gasteiger partial charge in [-0.2, -0.15) is 0 Å². The van der Waals surface area contributed by atoms with Crippen LogP contribution in [-0.4, -0.2) is 26.7 Å². The molecule has 2 aromatic carbocycles. The van der Waals surface area contributed by atoms with Gasteiger partial charge in [-0.3, -0.25) is 0 Å². The minimum atomic E-state index is -3.48. The molecule has 0 aliphatic carbocycles. The average Bonchev–Trinajstić information content (AvgIpc) is 2.50. The predicted molar refractivity (Wildman–Crippen MR) is 84.7 cm³/mol. The first-order valence-corrected chi connectivity index (χ1v) is 8.72. The summed E-state index contributed by atoms with van der Waals surface area (Å²) in [7, 11) is -3.48. The maximum atomic E-state index is 12.4. The van der Waals surface area contributed by atoms with Gasteiger partial charge in [-0.25, -0.2) is 13.1 Å². The molecule has 0 spiro atoms. The Morgan fingerprint density at radius 1 is 0.905 bits per heavy atom. The van der Waals surface area contributed by atoms with E-state index in [0.29, 0.717) is 11.4 Å². The van der Waals surface area contributed by atoms with E-state index in [-0.39, 0.29) is 6.61 Å². The van der Waals surface area contributed by atoms with Crippen LogP contribution in [-0.2, 0) is 10.0 Å². The van der Waals surface area contributed by atoms with Gasteiger partial charge in [-0.15, -0.1) is 0 Å². The fraction of sp³-hybridized carbons (Fsp3) is 0.375. The fourth-order valence-electron chi connectivity index (χ4n) is 2.30. The van der Waals surface area contributed by atoms with Gasteiger partial charge < -0.3 is 5.11 Å². The molecular formula is C16H21NO3S. The van der Waals surface area contributed by atoms with E-state index in [1.165, 1.54) is 0 Å². The quantitative estimate of drug-likeness (QED) is 0.737. The Morgan fingerprint density at radius 3 is 2.43 bits per heavy atom. The van der Waals surface area contributed by atoms with E-state index in [0.717, 1.165) is 36.5 Å². The second kappa shape index (κ2) is 7.54. The summed E-state index contributed by atoms with van der Waals surface area (Å²) < 4.78 is 27.4.